The molecule has 0 atom stereocenters. The molecule has 2 heteroatoms. The van der Waals surface area contributed by atoms with Crippen molar-refractivity contribution < 1.29 is 0 Å². The van der Waals surface area contributed by atoms with E-state index in [1.54, 1.807) is 12.3 Å². The van der Waals surface area contributed by atoms with Gasteiger partial charge in [-0.3, -0.25) is 0 Å². The maximum absolute atomic E-state index is 7.68. The molecule has 1 aromatic rings. The van der Waals surface area contributed by atoms with Crippen molar-refractivity contribution in [3.8, 4) is 0 Å². The number of hydrogen-bond acceptors (Lipinski definition) is 2. The topological polar surface area (TPSA) is 35.9 Å². The van der Waals surface area contributed by atoms with Crippen LogP contribution in [0, 0.1) is 12.3 Å². The minimum absolute atomic E-state index is 0.523. The van der Waals surface area contributed by atoms with Gasteiger partial charge in [-0.2, -0.15) is 0 Å². The van der Waals surface area contributed by atoms with Crippen LogP contribution in [0.2, 0.25) is 0 Å². The van der Waals surface area contributed by atoms with Crippen molar-refractivity contribution in [1.82, 2.24) is 5.32 Å². The second-order valence-corrected chi connectivity index (χ2v) is 2.90. The van der Waals surface area contributed by atoms with E-state index in [2.05, 4.69) is 5.32 Å². The van der Waals surface area contributed by atoms with E-state index in [9.17, 15) is 0 Å². The molecule has 13 heavy (non-hydrogen) atoms. The lowest BCUT2D eigenvalue weighted by atomic mass is 10.1. The second-order valence-electron chi connectivity index (χ2n) is 2.90. The predicted octanol–water partition coefficient (Wildman–Crippen LogP) is 2.10. The van der Waals surface area contributed by atoms with Crippen LogP contribution in [0.15, 0.2) is 36.5 Å². The highest BCUT2D eigenvalue weighted by molar-refractivity contribution is 6.06. The van der Waals surface area contributed by atoms with E-state index >= 15 is 0 Å². The van der Waals surface area contributed by atoms with E-state index in [0.717, 1.165) is 5.56 Å². The Balaban J connectivity index is 2.78. The standard InChI is InChI=1S/C11H14N2/c1-9-3-5-10(6-4-9)11(12)7-8-13-2/h3-8,12-13H,1-2H3/b8-7-,12-11?. The monoisotopic (exact) mass is 174 g/mol. The average Bonchev–Trinajstić information content (AvgIpc) is 2.15. The zero-order valence-corrected chi connectivity index (χ0v) is 7.96. The first-order valence-corrected chi connectivity index (χ1v) is 4.23. The Labute approximate surface area is 78.8 Å². The van der Waals surface area contributed by atoms with Gasteiger partial charge in [0, 0.05) is 7.05 Å². The third-order valence-electron chi connectivity index (χ3n) is 1.78. The molecule has 0 aliphatic rings. The van der Waals surface area contributed by atoms with E-state index < -0.39 is 0 Å². The van der Waals surface area contributed by atoms with Crippen molar-refractivity contribution in [3.05, 3.63) is 47.7 Å². The molecule has 0 fully saturated rings. The van der Waals surface area contributed by atoms with Crippen LogP contribution >= 0.6 is 0 Å². The Morgan fingerprint density at radius 1 is 1.31 bits per heavy atom. The molecule has 0 amide bonds. The van der Waals surface area contributed by atoms with E-state index in [1.807, 2.05) is 38.2 Å². The van der Waals surface area contributed by atoms with Gasteiger partial charge in [0.15, 0.2) is 0 Å². The highest BCUT2D eigenvalue weighted by Crippen LogP contribution is 2.04. The first-order chi connectivity index (χ1) is 6.24. The third-order valence-corrected chi connectivity index (χ3v) is 1.78. The average molecular weight is 174 g/mol. The van der Waals surface area contributed by atoms with E-state index in [1.165, 1.54) is 5.56 Å². The Morgan fingerprint density at radius 3 is 2.46 bits per heavy atom. The fraction of sp³-hybridized carbons (Fsp3) is 0.182. The van der Waals surface area contributed by atoms with Crippen LogP contribution < -0.4 is 5.32 Å². The van der Waals surface area contributed by atoms with Crippen LogP contribution in [0.3, 0.4) is 0 Å². The molecule has 0 unspecified atom stereocenters. The van der Waals surface area contributed by atoms with Gasteiger partial charge in [0.05, 0.1) is 5.71 Å². The number of rotatable bonds is 3. The fourth-order valence-electron chi connectivity index (χ4n) is 0.996. The molecule has 2 nitrogen and oxygen atoms in total. The number of allylic oxidation sites excluding steroid dienone is 1. The molecule has 0 aliphatic carbocycles. The third kappa shape index (κ3) is 2.75. The highest BCUT2D eigenvalue weighted by Gasteiger charge is 1.94. The number of aryl methyl sites for hydroxylation is 1. The van der Waals surface area contributed by atoms with Crippen LogP contribution in [-0.4, -0.2) is 12.8 Å². The van der Waals surface area contributed by atoms with Crippen molar-refractivity contribution in [2.75, 3.05) is 7.05 Å². The first-order valence-electron chi connectivity index (χ1n) is 4.23. The number of benzene rings is 1. The summed E-state index contributed by atoms with van der Waals surface area (Å²) in [5.74, 6) is 0. The molecular formula is C11H14N2. The molecule has 0 saturated carbocycles. The highest BCUT2D eigenvalue weighted by atomic mass is 14.8. The zero-order valence-electron chi connectivity index (χ0n) is 7.96. The quantitative estimate of drug-likeness (QED) is 0.676. The number of nitrogens with one attached hydrogen (secondary N) is 2. The van der Waals surface area contributed by atoms with Crippen molar-refractivity contribution in [3.63, 3.8) is 0 Å². The summed E-state index contributed by atoms with van der Waals surface area (Å²) in [6.07, 6.45) is 3.49. The normalized spacial score (nSPS) is 10.3. The first kappa shape index (κ1) is 9.52. The van der Waals surface area contributed by atoms with Gasteiger partial charge in [0.25, 0.3) is 0 Å². The Bertz CT molecular complexity index is 309. The van der Waals surface area contributed by atoms with Gasteiger partial charge in [-0.25, -0.2) is 0 Å². The van der Waals surface area contributed by atoms with Crippen molar-refractivity contribution in [2.24, 2.45) is 0 Å². The molecule has 0 spiro atoms. The van der Waals surface area contributed by atoms with Crippen molar-refractivity contribution >= 4 is 5.71 Å². The van der Waals surface area contributed by atoms with Gasteiger partial charge in [-0.1, -0.05) is 29.8 Å². The lowest BCUT2D eigenvalue weighted by Crippen LogP contribution is -1.98. The molecule has 0 bridgehead atoms. The van der Waals surface area contributed by atoms with Gasteiger partial charge in [-0.15, -0.1) is 0 Å². The molecular weight excluding hydrogens is 160 g/mol. The van der Waals surface area contributed by atoms with Gasteiger partial charge in [0.2, 0.25) is 0 Å². The van der Waals surface area contributed by atoms with Crippen molar-refractivity contribution in [2.45, 2.75) is 6.92 Å². The zero-order chi connectivity index (χ0) is 9.68. The summed E-state index contributed by atoms with van der Waals surface area (Å²) in [5, 5.41) is 10.5. The molecule has 1 aromatic carbocycles. The van der Waals surface area contributed by atoms with E-state index in [4.69, 9.17) is 5.41 Å². The lowest BCUT2D eigenvalue weighted by molar-refractivity contribution is 1.10. The Hall–Kier alpha value is -1.57. The second kappa shape index (κ2) is 4.45. The van der Waals surface area contributed by atoms with Crippen LogP contribution in [0.1, 0.15) is 11.1 Å². The van der Waals surface area contributed by atoms with Gasteiger partial charge in [0.1, 0.15) is 0 Å². The summed E-state index contributed by atoms with van der Waals surface area (Å²) in [6, 6.07) is 7.93. The summed E-state index contributed by atoms with van der Waals surface area (Å²) >= 11 is 0. The fourth-order valence-corrected chi connectivity index (χ4v) is 0.996. The minimum atomic E-state index is 0.523. The van der Waals surface area contributed by atoms with E-state index in [0.29, 0.717) is 5.71 Å². The van der Waals surface area contributed by atoms with Crippen LogP contribution in [0.25, 0.3) is 0 Å². The minimum Gasteiger partial charge on any atom is -0.394 e. The molecule has 0 heterocycles. The van der Waals surface area contributed by atoms with Gasteiger partial charge < -0.3 is 10.7 Å². The van der Waals surface area contributed by atoms with Crippen molar-refractivity contribution in [1.29, 1.82) is 5.41 Å². The SMILES string of the molecule is CN/C=C\C(=N)c1ccc(C)cc1. The largest absolute Gasteiger partial charge is 0.394 e. The van der Waals surface area contributed by atoms with E-state index in [-0.39, 0.29) is 0 Å². The molecule has 2 N–H and O–H groups in total. The molecule has 0 aromatic heterocycles. The molecule has 1 rings (SSSR count). The maximum atomic E-state index is 7.68. The maximum Gasteiger partial charge on any atom is 0.0626 e. The molecule has 0 radical (unpaired) electrons. The Kier molecular flexibility index (Phi) is 3.26. The molecule has 0 aliphatic heterocycles. The lowest BCUT2D eigenvalue weighted by Gasteiger charge is -1.98. The van der Waals surface area contributed by atoms with Crippen LogP contribution in [-0.2, 0) is 0 Å². The smallest absolute Gasteiger partial charge is 0.0626 e. The Morgan fingerprint density at radius 2 is 1.92 bits per heavy atom. The van der Waals surface area contributed by atoms with Gasteiger partial charge >= 0.3 is 0 Å². The van der Waals surface area contributed by atoms with Crippen LogP contribution in [0.5, 0.6) is 0 Å². The summed E-state index contributed by atoms with van der Waals surface area (Å²) < 4.78 is 0. The molecule has 0 saturated heterocycles. The summed E-state index contributed by atoms with van der Waals surface area (Å²) in [4.78, 5) is 0. The van der Waals surface area contributed by atoms with Crippen LogP contribution in [0.4, 0.5) is 0 Å². The summed E-state index contributed by atoms with van der Waals surface area (Å²) in [7, 11) is 1.82. The van der Waals surface area contributed by atoms with Gasteiger partial charge in [-0.05, 0) is 24.8 Å². The predicted molar refractivity (Wildman–Crippen MR) is 56.2 cm³/mol. The summed E-state index contributed by atoms with van der Waals surface area (Å²) in [6.45, 7) is 2.04. The summed E-state index contributed by atoms with van der Waals surface area (Å²) in [5.41, 5.74) is 2.68. The molecule has 68 valence electrons. The number of hydrogen-bond donors (Lipinski definition) is 2.